The summed E-state index contributed by atoms with van der Waals surface area (Å²) in [5, 5.41) is 3.47. The maximum absolute atomic E-state index is 13.9. The van der Waals surface area contributed by atoms with Crippen molar-refractivity contribution in [1.29, 1.82) is 0 Å². The normalized spacial score (nSPS) is 29.5. The van der Waals surface area contributed by atoms with Gasteiger partial charge in [0.2, 0.25) is 0 Å². The van der Waals surface area contributed by atoms with E-state index in [1.807, 2.05) is 30.9 Å². The molecule has 4 aliphatic heterocycles. The fourth-order valence-electron chi connectivity index (χ4n) is 5.89. The van der Waals surface area contributed by atoms with Crippen molar-refractivity contribution < 1.29 is 19.0 Å². The molecule has 1 N–H and O–H groups in total. The van der Waals surface area contributed by atoms with Gasteiger partial charge in [0, 0.05) is 30.4 Å². The third kappa shape index (κ3) is 4.28. The number of hydrogen-bond acceptors (Lipinski definition) is 7. The Bertz CT molecular complexity index is 1120. The molecule has 6 rings (SSSR count). The minimum atomic E-state index is -0.480. The van der Waals surface area contributed by atoms with Crippen LogP contribution in [0.1, 0.15) is 45.6 Å². The number of ether oxygens (including phenoxy) is 3. The number of amides is 1. The van der Waals surface area contributed by atoms with Gasteiger partial charge in [-0.05, 0) is 57.9 Å². The van der Waals surface area contributed by atoms with Crippen LogP contribution in [0.15, 0.2) is 36.5 Å². The molecule has 2 bridgehead atoms. The van der Waals surface area contributed by atoms with E-state index in [1.54, 1.807) is 6.20 Å². The van der Waals surface area contributed by atoms with Gasteiger partial charge < -0.3 is 29.3 Å². The standard InChI is InChI=1S/C27H34N4O4/c1-17(2)35-21-7-9-24(33-15-21)26(32)30-13-18-5-4-10-28-25(18)29-22-8-6-19(11-23(22)30)31-16-27(3)12-20(31)14-34-27/h4-6,8,10-11,17,20-21,24H,7,9,12-16H2,1-3H3,(H,28,29)/t20-,21-,24?,27-/m0/s1. The molecular weight excluding hydrogens is 444 g/mol. The Morgan fingerprint density at radius 2 is 2.14 bits per heavy atom. The van der Waals surface area contributed by atoms with Crippen molar-refractivity contribution in [3.05, 3.63) is 42.1 Å². The molecule has 8 heteroatoms. The highest BCUT2D eigenvalue weighted by molar-refractivity contribution is 6.01. The van der Waals surface area contributed by atoms with Crippen LogP contribution in [0.5, 0.6) is 0 Å². The number of anilines is 4. The molecule has 35 heavy (non-hydrogen) atoms. The third-order valence-electron chi connectivity index (χ3n) is 7.55. The van der Waals surface area contributed by atoms with E-state index in [-0.39, 0.29) is 23.7 Å². The number of fused-ring (bicyclic) bond motifs is 4. The highest BCUT2D eigenvalue weighted by atomic mass is 16.5. The summed E-state index contributed by atoms with van der Waals surface area (Å²) in [5.74, 6) is 0.774. The van der Waals surface area contributed by atoms with Crippen LogP contribution < -0.4 is 15.1 Å². The van der Waals surface area contributed by atoms with E-state index in [1.165, 1.54) is 0 Å². The lowest BCUT2D eigenvalue weighted by molar-refractivity contribution is -0.143. The first-order valence-corrected chi connectivity index (χ1v) is 12.7. The SMILES string of the molecule is CC(C)O[C@H]1CCC(C(=O)N2Cc3cccnc3Nc3ccc(N4C[C@]5(C)C[C@H]4CO5)cc32)OC1. The van der Waals surface area contributed by atoms with Crippen molar-refractivity contribution in [2.45, 2.75) is 76.5 Å². The van der Waals surface area contributed by atoms with Crippen LogP contribution >= 0.6 is 0 Å². The van der Waals surface area contributed by atoms with Crippen LogP contribution in [0.2, 0.25) is 0 Å². The van der Waals surface area contributed by atoms with Crippen molar-refractivity contribution in [2.24, 2.45) is 0 Å². The summed E-state index contributed by atoms with van der Waals surface area (Å²) < 4.78 is 17.9. The van der Waals surface area contributed by atoms with Gasteiger partial charge in [-0.25, -0.2) is 4.98 Å². The van der Waals surface area contributed by atoms with E-state index in [0.29, 0.717) is 25.6 Å². The lowest BCUT2D eigenvalue weighted by atomic mass is 10.0. The molecule has 186 valence electrons. The van der Waals surface area contributed by atoms with Gasteiger partial charge >= 0.3 is 0 Å². The fraction of sp³-hybridized carbons (Fsp3) is 0.556. The average Bonchev–Trinajstić information content (AvgIpc) is 3.34. The zero-order chi connectivity index (χ0) is 24.2. The summed E-state index contributed by atoms with van der Waals surface area (Å²) in [7, 11) is 0. The molecule has 5 heterocycles. The molecule has 3 fully saturated rings. The summed E-state index contributed by atoms with van der Waals surface area (Å²) in [6, 6.07) is 10.7. The van der Waals surface area contributed by atoms with Crippen molar-refractivity contribution in [3.63, 3.8) is 0 Å². The minimum absolute atomic E-state index is 0.0110. The smallest absolute Gasteiger partial charge is 0.256 e. The highest BCUT2D eigenvalue weighted by Gasteiger charge is 2.48. The fourth-order valence-corrected chi connectivity index (χ4v) is 5.89. The largest absolute Gasteiger partial charge is 0.373 e. The maximum Gasteiger partial charge on any atom is 0.256 e. The molecule has 8 nitrogen and oxygen atoms in total. The van der Waals surface area contributed by atoms with E-state index < -0.39 is 6.10 Å². The number of rotatable bonds is 4. The summed E-state index contributed by atoms with van der Waals surface area (Å²) in [5.41, 5.74) is 3.76. The van der Waals surface area contributed by atoms with Gasteiger partial charge in [0.05, 0.1) is 55.0 Å². The summed E-state index contributed by atoms with van der Waals surface area (Å²) in [6.07, 6.45) is 4.00. The van der Waals surface area contributed by atoms with Crippen molar-refractivity contribution >= 4 is 28.8 Å². The van der Waals surface area contributed by atoms with E-state index in [4.69, 9.17) is 14.2 Å². The highest BCUT2D eigenvalue weighted by Crippen LogP contribution is 2.43. The Hall–Kier alpha value is -2.68. The second kappa shape index (κ2) is 8.76. The van der Waals surface area contributed by atoms with Gasteiger partial charge in [-0.3, -0.25) is 4.79 Å². The second-order valence-electron chi connectivity index (χ2n) is 10.7. The zero-order valence-electron chi connectivity index (χ0n) is 20.7. The molecule has 4 atom stereocenters. The number of carbonyl (C=O) groups excluding carboxylic acids is 1. The number of nitrogens with one attached hydrogen (secondary N) is 1. The molecule has 0 aliphatic carbocycles. The summed E-state index contributed by atoms with van der Waals surface area (Å²) in [6.45, 7) is 8.75. The molecule has 3 saturated heterocycles. The number of benzene rings is 1. The molecular formula is C27H34N4O4. The zero-order valence-corrected chi connectivity index (χ0v) is 20.7. The Balaban J connectivity index is 1.31. The van der Waals surface area contributed by atoms with Crippen molar-refractivity contribution in [2.75, 3.05) is 34.9 Å². The van der Waals surface area contributed by atoms with Gasteiger partial charge in [-0.2, -0.15) is 0 Å². The van der Waals surface area contributed by atoms with Crippen molar-refractivity contribution in [1.82, 2.24) is 4.98 Å². The first-order chi connectivity index (χ1) is 16.9. The monoisotopic (exact) mass is 478 g/mol. The number of aromatic nitrogens is 1. The molecule has 1 aromatic carbocycles. The first-order valence-electron chi connectivity index (χ1n) is 12.7. The van der Waals surface area contributed by atoms with Crippen molar-refractivity contribution in [3.8, 4) is 0 Å². The van der Waals surface area contributed by atoms with Gasteiger partial charge in [0.25, 0.3) is 5.91 Å². The lowest BCUT2D eigenvalue weighted by Crippen LogP contribution is -2.45. The Kier molecular flexibility index (Phi) is 5.70. The number of morpholine rings is 1. The predicted octanol–water partition coefficient (Wildman–Crippen LogP) is 4.01. The molecule has 0 saturated carbocycles. The van der Waals surface area contributed by atoms with E-state index >= 15 is 0 Å². The molecule has 1 amide bonds. The quantitative estimate of drug-likeness (QED) is 0.712. The van der Waals surface area contributed by atoms with Gasteiger partial charge in [-0.15, -0.1) is 0 Å². The average molecular weight is 479 g/mol. The van der Waals surface area contributed by atoms with Crippen LogP contribution in [-0.4, -0.2) is 60.6 Å². The molecule has 1 aromatic heterocycles. The molecule has 1 unspecified atom stereocenters. The predicted molar refractivity (Wildman–Crippen MR) is 134 cm³/mol. The van der Waals surface area contributed by atoms with E-state index in [2.05, 4.69) is 40.3 Å². The summed E-state index contributed by atoms with van der Waals surface area (Å²) in [4.78, 5) is 22.7. The van der Waals surface area contributed by atoms with Crippen LogP contribution in [0.3, 0.4) is 0 Å². The van der Waals surface area contributed by atoms with Crippen LogP contribution in [0.4, 0.5) is 22.9 Å². The molecule has 0 spiro atoms. The number of carbonyl (C=O) groups is 1. The Labute approximate surface area is 206 Å². The number of hydrogen-bond donors (Lipinski definition) is 1. The van der Waals surface area contributed by atoms with E-state index in [0.717, 1.165) is 54.4 Å². The first kappa shape index (κ1) is 22.8. The van der Waals surface area contributed by atoms with Crippen LogP contribution in [0, 0.1) is 0 Å². The van der Waals surface area contributed by atoms with Gasteiger partial charge in [0.1, 0.15) is 11.9 Å². The third-order valence-corrected chi connectivity index (χ3v) is 7.55. The minimum Gasteiger partial charge on any atom is -0.373 e. The van der Waals surface area contributed by atoms with Gasteiger partial charge in [0.15, 0.2) is 0 Å². The number of nitrogens with zero attached hydrogens (tertiary/aromatic N) is 3. The molecule has 0 radical (unpaired) electrons. The summed E-state index contributed by atoms with van der Waals surface area (Å²) >= 11 is 0. The maximum atomic E-state index is 13.9. The Morgan fingerprint density at radius 1 is 1.26 bits per heavy atom. The molecule has 2 aromatic rings. The Morgan fingerprint density at radius 3 is 2.86 bits per heavy atom. The van der Waals surface area contributed by atoms with Crippen LogP contribution in [0.25, 0.3) is 0 Å². The second-order valence-corrected chi connectivity index (χ2v) is 10.7. The topological polar surface area (TPSA) is 76.2 Å². The van der Waals surface area contributed by atoms with Crippen LogP contribution in [-0.2, 0) is 25.5 Å². The number of pyridine rings is 1. The van der Waals surface area contributed by atoms with Gasteiger partial charge in [-0.1, -0.05) is 6.07 Å². The van der Waals surface area contributed by atoms with E-state index in [9.17, 15) is 4.79 Å². The lowest BCUT2D eigenvalue weighted by Gasteiger charge is -2.35. The molecule has 4 aliphatic rings.